The standard InChI is InChI=1S/C9H9N5O4/c15-7-2-1-4(11-14-7)8(16)10-6-3-5(9(17)18)12-13-6/h3H,1-2H2,(H,14,15)(H,17,18)(H2,10,12,13,16). The Morgan fingerprint density at radius 1 is 1.39 bits per heavy atom. The number of aromatic amines is 1. The van der Waals surface area contributed by atoms with Crippen LogP contribution in [-0.2, 0) is 9.59 Å². The zero-order valence-electron chi connectivity index (χ0n) is 9.06. The van der Waals surface area contributed by atoms with Crippen LogP contribution in [0.25, 0.3) is 0 Å². The molecular formula is C9H9N5O4. The van der Waals surface area contributed by atoms with Crippen molar-refractivity contribution in [3.05, 3.63) is 11.8 Å². The van der Waals surface area contributed by atoms with Crippen molar-refractivity contribution in [2.75, 3.05) is 5.32 Å². The van der Waals surface area contributed by atoms with Crippen molar-refractivity contribution in [1.82, 2.24) is 15.6 Å². The fraction of sp³-hybridized carbons (Fsp3) is 0.222. The number of hydrogen-bond donors (Lipinski definition) is 4. The number of aromatic carboxylic acids is 1. The number of hydrogen-bond acceptors (Lipinski definition) is 5. The third kappa shape index (κ3) is 2.51. The summed E-state index contributed by atoms with van der Waals surface area (Å²) in [5, 5.41) is 20.5. The number of aromatic nitrogens is 2. The van der Waals surface area contributed by atoms with Gasteiger partial charge in [0.25, 0.3) is 5.91 Å². The van der Waals surface area contributed by atoms with Crippen molar-refractivity contribution in [2.24, 2.45) is 5.10 Å². The molecule has 0 fully saturated rings. The number of carbonyl (C=O) groups is 3. The summed E-state index contributed by atoms with van der Waals surface area (Å²) < 4.78 is 0. The van der Waals surface area contributed by atoms with Crippen molar-refractivity contribution in [3.63, 3.8) is 0 Å². The molecule has 0 spiro atoms. The maximum Gasteiger partial charge on any atom is 0.353 e. The largest absolute Gasteiger partial charge is 0.477 e. The van der Waals surface area contributed by atoms with Crippen molar-refractivity contribution in [1.29, 1.82) is 0 Å². The molecule has 94 valence electrons. The van der Waals surface area contributed by atoms with Gasteiger partial charge in [-0.05, 0) is 0 Å². The highest BCUT2D eigenvalue weighted by Crippen LogP contribution is 2.07. The second kappa shape index (κ2) is 4.65. The number of amides is 2. The van der Waals surface area contributed by atoms with Gasteiger partial charge in [-0.15, -0.1) is 0 Å². The summed E-state index contributed by atoms with van der Waals surface area (Å²) in [4.78, 5) is 33.1. The maximum atomic E-state index is 11.7. The fourth-order valence-corrected chi connectivity index (χ4v) is 1.32. The lowest BCUT2D eigenvalue weighted by Crippen LogP contribution is -2.32. The molecule has 2 heterocycles. The Labute approximate surface area is 100 Å². The topological polar surface area (TPSA) is 137 Å². The Bertz CT molecular complexity index is 547. The smallest absolute Gasteiger partial charge is 0.353 e. The average Bonchev–Trinajstić information content (AvgIpc) is 2.78. The van der Waals surface area contributed by atoms with Crippen LogP contribution in [0.4, 0.5) is 5.82 Å². The van der Waals surface area contributed by atoms with E-state index in [2.05, 4.69) is 26.0 Å². The highest BCUT2D eigenvalue weighted by Gasteiger charge is 2.19. The molecule has 1 aromatic heterocycles. The van der Waals surface area contributed by atoms with E-state index in [1.165, 1.54) is 6.07 Å². The Morgan fingerprint density at radius 3 is 2.72 bits per heavy atom. The van der Waals surface area contributed by atoms with E-state index in [4.69, 9.17) is 5.11 Å². The number of nitrogens with one attached hydrogen (secondary N) is 3. The second-order valence-corrected chi connectivity index (χ2v) is 3.52. The number of anilines is 1. The first kappa shape index (κ1) is 11.8. The van der Waals surface area contributed by atoms with E-state index in [1.54, 1.807) is 0 Å². The van der Waals surface area contributed by atoms with Crippen LogP contribution in [0, 0.1) is 0 Å². The Balaban J connectivity index is 2.02. The van der Waals surface area contributed by atoms with Gasteiger partial charge in [-0.25, -0.2) is 10.2 Å². The lowest BCUT2D eigenvalue weighted by atomic mass is 10.1. The van der Waals surface area contributed by atoms with Gasteiger partial charge in [0.1, 0.15) is 11.4 Å². The van der Waals surface area contributed by atoms with E-state index >= 15 is 0 Å². The molecule has 2 rings (SSSR count). The molecule has 9 nitrogen and oxygen atoms in total. The monoisotopic (exact) mass is 251 g/mol. The first-order chi connectivity index (χ1) is 8.56. The summed E-state index contributed by atoms with van der Waals surface area (Å²) in [6, 6.07) is 1.18. The first-order valence-corrected chi connectivity index (χ1v) is 5.01. The van der Waals surface area contributed by atoms with E-state index < -0.39 is 11.9 Å². The third-order valence-electron chi connectivity index (χ3n) is 2.22. The summed E-state index contributed by atoms with van der Waals surface area (Å²) in [5.41, 5.74) is 2.21. The lowest BCUT2D eigenvalue weighted by Gasteiger charge is -2.10. The van der Waals surface area contributed by atoms with Gasteiger partial charge in [-0.3, -0.25) is 14.7 Å². The van der Waals surface area contributed by atoms with Crippen molar-refractivity contribution >= 4 is 29.3 Å². The minimum Gasteiger partial charge on any atom is -0.477 e. The van der Waals surface area contributed by atoms with Gasteiger partial charge >= 0.3 is 5.97 Å². The van der Waals surface area contributed by atoms with E-state index in [9.17, 15) is 14.4 Å². The fourth-order valence-electron chi connectivity index (χ4n) is 1.32. The molecule has 1 aliphatic rings. The molecule has 0 saturated carbocycles. The molecule has 0 atom stereocenters. The molecular weight excluding hydrogens is 242 g/mol. The van der Waals surface area contributed by atoms with Gasteiger partial charge in [0.2, 0.25) is 5.91 Å². The third-order valence-corrected chi connectivity index (χ3v) is 2.22. The predicted octanol–water partition coefficient (Wildman–Crippen LogP) is -0.688. The highest BCUT2D eigenvalue weighted by atomic mass is 16.4. The van der Waals surface area contributed by atoms with Gasteiger partial charge in [-0.2, -0.15) is 10.2 Å². The Hall–Kier alpha value is -2.71. The Kier molecular flexibility index (Phi) is 3.04. The molecule has 0 radical (unpaired) electrons. The molecule has 1 aromatic rings. The first-order valence-electron chi connectivity index (χ1n) is 5.01. The van der Waals surface area contributed by atoms with E-state index in [-0.39, 0.29) is 36.0 Å². The van der Waals surface area contributed by atoms with Crippen molar-refractivity contribution in [2.45, 2.75) is 12.8 Å². The number of rotatable bonds is 3. The van der Waals surface area contributed by atoms with Gasteiger partial charge in [0, 0.05) is 18.9 Å². The number of nitrogens with zero attached hydrogens (tertiary/aromatic N) is 2. The second-order valence-electron chi connectivity index (χ2n) is 3.52. The van der Waals surface area contributed by atoms with E-state index in [0.717, 1.165) is 0 Å². The van der Waals surface area contributed by atoms with E-state index in [0.29, 0.717) is 0 Å². The molecule has 0 unspecified atom stereocenters. The lowest BCUT2D eigenvalue weighted by molar-refractivity contribution is -0.121. The molecule has 0 aliphatic carbocycles. The molecule has 4 N–H and O–H groups in total. The Morgan fingerprint density at radius 2 is 2.17 bits per heavy atom. The zero-order chi connectivity index (χ0) is 13.1. The van der Waals surface area contributed by atoms with Crippen molar-refractivity contribution in [3.8, 4) is 0 Å². The molecule has 9 heteroatoms. The van der Waals surface area contributed by atoms with Crippen LogP contribution < -0.4 is 10.7 Å². The molecule has 0 aromatic carbocycles. The molecule has 1 aliphatic heterocycles. The number of hydrazone groups is 1. The van der Waals surface area contributed by atoms with Gasteiger partial charge in [0.05, 0.1) is 0 Å². The minimum absolute atomic E-state index is 0.0806. The summed E-state index contributed by atoms with van der Waals surface area (Å²) in [6.07, 6.45) is 0.418. The predicted molar refractivity (Wildman–Crippen MR) is 59.0 cm³/mol. The number of carboxylic acid groups (broad SMARTS) is 1. The van der Waals surface area contributed by atoms with Crippen LogP contribution in [0.15, 0.2) is 11.2 Å². The van der Waals surface area contributed by atoms with Crippen LogP contribution in [0.5, 0.6) is 0 Å². The molecule has 2 amide bonds. The van der Waals surface area contributed by atoms with Crippen LogP contribution in [-0.4, -0.2) is 38.8 Å². The van der Waals surface area contributed by atoms with Crippen LogP contribution in [0.2, 0.25) is 0 Å². The summed E-state index contributed by atoms with van der Waals surface area (Å²) in [6.45, 7) is 0. The molecule has 0 saturated heterocycles. The highest BCUT2D eigenvalue weighted by molar-refractivity contribution is 6.43. The van der Waals surface area contributed by atoms with Gasteiger partial charge < -0.3 is 10.4 Å². The normalized spacial score (nSPS) is 14.7. The summed E-state index contributed by atoms with van der Waals surface area (Å²) >= 11 is 0. The zero-order valence-corrected chi connectivity index (χ0v) is 9.06. The molecule has 0 bridgehead atoms. The quantitative estimate of drug-likeness (QED) is 0.563. The van der Waals surface area contributed by atoms with Crippen LogP contribution in [0.1, 0.15) is 23.3 Å². The van der Waals surface area contributed by atoms with Crippen LogP contribution in [0.3, 0.4) is 0 Å². The summed E-state index contributed by atoms with van der Waals surface area (Å²) in [7, 11) is 0. The number of carboxylic acids is 1. The maximum absolute atomic E-state index is 11.7. The minimum atomic E-state index is -1.18. The van der Waals surface area contributed by atoms with Gasteiger partial charge in [0.15, 0.2) is 5.82 Å². The van der Waals surface area contributed by atoms with Crippen LogP contribution >= 0.6 is 0 Å². The number of carbonyl (C=O) groups excluding carboxylic acids is 2. The summed E-state index contributed by atoms with van der Waals surface area (Å²) in [5.74, 6) is -1.87. The number of H-pyrrole nitrogens is 1. The average molecular weight is 251 g/mol. The molecule has 18 heavy (non-hydrogen) atoms. The SMILES string of the molecule is O=C1CCC(C(=O)Nc2cc(C(=O)O)[nH]n2)=NN1. The van der Waals surface area contributed by atoms with E-state index in [1.807, 2.05) is 0 Å². The van der Waals surface area contributed by atoms with Crippen molar-refractivity contribution < 1.29 is 19.5 Å². The van der Waals surface area contributed by atoms with Gasteiger partial charge in [-0.1, -0.05) is 0 Å².